The van der Waals surface area contributed by atoms with Crippen LogP contribution >= 0.6 is 0 Å². The Labute approximate surface area is 167 Å². The van der Waals surface area contributed by atoms with Gasteiger partial charge >= 0.3 is 0 Å². The number of hydrogen-bond donors (Lipinski definition) is 2. The minimum absolute atomic E-state index is 0.322. The van der Waals surface area contributed by atoms with Gasteiger partial charge in [-0.2, -0.15) is 0 Å². The SMILES string of the molecule is NC(=NCc1ccc(COC2CCOCC2)cc1)Nc1ccc2c(c1)CCC2. The van der Waals surface area contributed by atoms with Gasteiger partial charge in [-0.05, 0) is 66.5 Å². The number of anilines is 1. The maximum atomic E-state index is 6.07. The molecule has 0 spiro atoms. The van der Waals surface area contributed by atoms with Crippen LogP contribution in [0.2, 0.25) is 0 Å². The Bertz CT molecular complexity index is 811. The van der Waals surface area contributed by atoms with Crippen LogP contribution in [0.1, 0.15) is 41.5 Å². The third kappa shape index (κ3) is 5.12. The van der Waals surface area contributed by atoms with Crippen LogP contribution in [0.3, 0.4) is 0 Å². The van der Waals surface area contributed by atoms with E-state index >= 15 is 0 Å². The zero-order valence-corrected chi connectivity index (χ0v) is 16.3. The molecule has 1 aliphatic carbocycles. The monoisotopic (exact) mass is 379 g/mol. The molecule has 0 amide bonds. The molecule has 0 aromatic heterocycles. The van der Waals surface area contributed by atoms with Crippen molar-refractivity contribution in [2.45, 2.75) is 51.4 Å². The summed E-state index contributed by atoms with van der Waals surface area (Å²) < 4.78 is 11.3. The predicted octanol–water partition coefficient (Wildman–Crippen LogP) is 3.80. The molecule has 1 aliphatic heterocycles. The summed E-state index contributed by atoms with van der Waals surface area (Å²) in [5, 5.41) is 3.21. The third-order valence-corrected chi connectivity index (χ3v) is 5.48. The third-order valence-electron chi connectivity index (χ3n) is 5.48. The van der Waals surface area contributed by atoms with E-state index in [-0.39, 0.29) is 0 Å². The van der Waals surface area contributed by atoms with Gasteiger partial charge in [-0.3, -0.25) is 0 Å². The van der Waals surface area contributed by atoms with Crippen molar-refractivity contribution in [2.75, 3.05) is 18.5 Å². The molecule has 2 aromatic rings. The number of benzene rings is 2. The molecular weight excluding hydrogens is 350 g/mol. The lowest BCUT2D eigenvalue weighted by Crippen LogP contribution is -2.23. The second-order valence-electron chi connectivity index (χ2n) is 7.60. The topological polar surface area (TPSA) is 68.9 Å². The van der Waals surface area contributed by atoms with Crippen LogP contribution in [-0.4, -0.2) is 25.3 Å². The molecule has 1 fully saturated rings. The number of aryl methyl sites for hydroxylation is 2. The molecule has 0 radical (unpaired) electrons. The summed E-state index contributed by atoms with van der Waals surface area (Å²) in [7, 11) is 0. The van der Waals surface area contributed by atoms with Crippen LogP contribution in [0, 0.1) is 0 Å². The Hall–Kier alpha value is -2.37. The number of aliphatic imine (C=N–C) groups is 1. The predicted molar refractivity (Wildman–Crippen MR) is 112 cm³/mol. The van der Waals surface area contributed by atoms with Crippen LogP contribution in [0.15, 0.2) is 47.5 Å². The highest BCUT2D eigenvalue weighted by Crippen LogP contribution is 2.24. The average Bonchev–Trinajstić information content (AvgIpc) is 3.20. The molecule has 1 saturated heterocycles. The lowest BCUT2D eigenvalue weighted by atomic mass is 10.1. The molecule has 0 bridgehead atoms. The molecule has 1 heterocycles. The molecule has 0 unspecified atom stereocenters. The van der Waals surface area contributed by atoms with E-state index in [2.05, 4.69) is 52.8 Å². The fourth-order valence-electron chi connectivity index (χ4n) is 3.81. The van der Waals surface area contributed by atoms with Gasteiger partial charge in [0.25, 0.3) is 0 Å². The summed E-state index contributed by atoms with van der Waals surface area (Å²) in [5.41, 5.74) is 12.3. The minimum atomic E-state index is 0.322. The zero-order valence-electron chi connectivity index (χ0n) is 16.3. The second-order valence-corrected chi connectivity index (χ2v) is 7.60. The molecule has 28 heavy (non-hydrogen) atoms. The summed E-state index contributed by atoms with van der Waals surface area (Å²) >= 11 is 0. The summed E-state index contributed by atoms with van der Waals surface area (Å²) in [4.78, 5) is 4.47. The highest BCUT2D eigenvalue weighted by Gasteiger charge is 2.14. The fraction of sp³-hybridized carbons (Fsp3) is 0.435. The molecule has 5 nitrogen and oxygen atoms in total. The maximum absolute atomic E-state index is 6.07. The van der Waals surface area contributed by atoms with Crippen molar-refractivity contribution in [1.82, 2.24) is 0 Å². The van der Waals surface area contributed by atoms with E-state index in [4.69, 9.17) is 15.2 Å². The zero-order chi connectivity index (χ0) is 19.2. The standard InChI is InChI=1S/C23H29N3O2/c24-23(26-21-9-8-19-2-1-3-20(19)14-21)25-15-17-4-6-18(7-5-17)16-28-22-10-12-27-13-11-22/h4-9,14,22H,1-3,10-13,15-16H2,(H3,24,25,26). The Morgan fingerprint density at radius 1 is 1.04 bits per heavy atom. The Morgan fingerprint density at radius 2 is 1.79 bits per heavy atom. The Balaban J connectivity index is 1.26. The number of nitrogens with zero attached hydrogens (tertiary/aromatic N) is 1. The van der Waals surface area contributed by atoms with Gasteiger partial charge in [-0.25, -0.2) is 4.99 Å². The van der Waals surface area contributed by atoms with Crippen LogP contribution in [0.4, 0.5) is 5.69 Å². The van der Waals surface area contributed by atoms with Gasteiger partial charge in [0, 0.05) is 18.9 Å². The smallest absolute Gasteiger partial charge is 0.193 e. The van der Waals surface area contributed by atoms with Gasteiger partial charge in [0.15, 0.2) is 5.96 Å². The maximum Gasteiger partial charge on any atom is 0.193 e. The summed E-state index contributed by atoms with van der Waals surface area (Å²) in [6, 6.07) is 14.9. The first-order valence-corrected chi connectivity index (χ1v) is 10.2. The number of guanidine groups is 1. The first kappa shape index (κ1) is 19.0. The van der Waals surface area contributed by atoms with Gasteiger partial charge in [-0.1, -0.05) is 30.3 Å². The highest BCUT2D eigenvalue weighted by atomic mass is 16.5. The molecule has 0 atom stereocenters. The minimum Gasteiger partial charge on any atom is -0.381 e. The van der Waals surface area contributed by atoms with Crippen LogP contribution in [0.5, 0.6) is 0 Å². The molecule has 4 rings (SSSR count). The Morgan fingerprint density at radius 3 is 2.61 bits per heavy atom. The van der Waals surface area contributed by atoms with Crippen molar-refractivity contribution in [1.29, 1.82) is 0 Å². The largest absolute Gasteiger partial charge is 0.381 e. The summed E-state index contributed by atoms with van der Waals surface area (Å²) in [6.45, 7) is 2.83. The average molecular weight is 380 g/mol. The normalized spacial score (nSPS) is 17.5. The summed E-state index contributed by atoms with van der Waals surface area (Å²) in [6.07, 6.45) is 5.90. The van der Waals surface area contributed by atoms with Crippen molar-refractivity contribution < 1.29 is 9.47 Å². The second kappa shape index (κ2) is 9.22. The van der Waals surface area contributed by atoms with E-state index in [0.717, 1.165) is 43.7 Å². The van der Waals surface area contributed by atoms with E-state index in [1.54, 1.807) is 0 Å². The van der Waals surface area contributed by atoms with Gasteiger partial charge in [0.2, 0.25) is 0 Å². The van der Waals surface area contributed by atoms with E-state index < -0.39 is 0 Å². The van der Waals surface area contributed by atoms with Gasteiger partial charge in [-0.15, -0.1) is 0 Å². The quantitative estimate of drug-likeness (QED) is 0.592. The van der Waals surface area contributed by atoms with E-state index in [0.29, 0.717) is 25.2 Å². The number of ether oxygens (including phenoxy) is 2. The lowest BCUT2D eigenvalue weighted by Gasteiger charge is -2.22. The molecule has 148 valence electrons. The number of fused-ring (bicyclic) bond motifs is 1. The Kier molecular flexibility index (Phi) is 6.24. The van der Waals surface area contributed by atoms with Crippen LogP contribution < -0.4 is 11.1 Å². The van der Waals surface area contributed by atoms with Crippen LogP contribution in [0.25, 0.3) is 0 Å². The van der Waals surface area contributed by atoms with Gasteiger partial charge in [0.1, 0.15) is 0 Å². The molecule has 2 aliphatic rings. The van der Waals surface area contributed by atoms with Gasteiger partial charge in [0.05, 0.1) is 19.3 Å². The van der Waals surface area contributed by atoms with Crippen LogP contribution in [-0.2, 0) is 35.5 Å². The molecule has 5 heteroatoms. The van der Waals surface area contributed by atoms with Crippen molar-refractivity contribution in [2.24, 2.45) is 10.7 Å². The first-order chi connectivity index (χ1) is 13.8. The molecule has 3 N–H and O–H groups in total. The van der Waals surface area contributed by atoms with E-state index in [1.165, 1.54) is 29.5 Å². The summed E-state index contributed by atoms with van der Waals surface area (Å²) in [5.74, 6) is 0.449. The molecule has 2 aromatic carbocycles. The van der Waals surface area contributed by atoms with Crippen molar-refractivity contribution in [3.8, 4) is 0 Å². The fourth-order valence-corrected chi connectivity index (χ4v) is 3.81. The van der Waals surface area contributed by atoms with Crippen molar-refractivity contribution in [3.63, 3.8) is 0 Å². The number of hydrogen-bond acceptors (Lipinski definition) is 3. The van der Waals surface area contributed by atoms with E-state index in [1.807, 2.05) is 0 Å². The highest BCUT2D eigenvalue weighted by molar-refractivity contribution is 5.92. The van der Waals surface area contributed by atoms with E-state index in [9.17, 15) is 0 Å². The van der Waals surface area contributed by atoms with Gasteiger partial charge < -0.3 is 20.5 Å². The van der Waals surface area contributed by atoms with Crippen molar-refractivity contribution in [3.05, 3.63) is 64.7 Å². The molecule has 0 saturated carbocycles. The lowest BCUT2D eigenvalue weighted by molar-refractivity contribution is -0.0390. The number of nitrogens with two attached hydrogens (primary N) is 1. The first-order valence-electron chi connectivity index (χ1n) is 10.2. The van der Waals surface area contributed by atoms with Crippen molar-refractivity contribution >= 4 is 11.6 Å². The number of nitrogens with one attached hydrogen (secondary N) is 1. The molecular formula is C23H29N3O2. The number of rotatable bonds is 6.